The third-order valence-electron chi connectivity index (χ3n) is 6.40. The Morgan fingerprint density at radius 2 is 2.03 bits per heavy atom. The van der Waals surface area contributed by atoms with E-state index in [2.05, 4.69) is 6.58 Å². The molecule has 0 amide bonds. The Kier molecular flexibility index (Phi) is 6.64. The second-order valence-electron chi connectivity index (χ2n) is 8.41. The number of halogens is 1. The summed E-state index contributed by atoms with van der Waals surface area (Å²) in [4.78, 5) is 36.6. The zero-order valence-corrected chi connectivity index (χ0v) is 18.4. The van der Waals surface area contributed by atoms with Crippen LogP contribution in [0.2, 0.25) is 0 Å². The summed E-state index contributed by atoms with van der Waals surface area (Å²) in [5, 5.41) is 20.6. The van der Waals surface area contributed by atoms with E-state index in [1.807, 2.05) is 6.92 Å². The second-order valence-corrected chi connectivity index (χ2v) is 8.68. The van der Waals surface area contributed by atoms with E-state index in [4.69, 9.17) is 30.9 Å². The van der Waals surface area contributed by atoms with Gasteiger partial charge in [-0.3, -0.25) is 4.79 Å². The first kappa shape index (κ1) is 23.5. The number of ether oxygens (including phenoxy) is 3. The molecule has 9 heteroatoms. The molecule has 0 radical (unpaired) electrons. The number of fused-ring (bicyclic) bond motifs is 3. The lowest BCUT2D eigenvalue weighted by molar-refractivity contribution is -0.157. The van der Waals surface area contributed by atoms with Gasteiger partial charge in [-0.15, -0.1) is 11.6 Å². The molecular weight excluding hydrogens is 428 g/mol. The number of rotatable bonds is 5. The molecule has 1 saturated heterocycles. The molecule has 1 aliphatic heterocycles. The van der Waals surface area contributed by atoms with Crippen LogP contribution in [0.1, 0.15) is 27.2 Å². The van der Waals surface area contributed by atoms with Crippen molar-refractivity contribution in [2.45, 2.75) is 51.1 Å². The van der Waals surface area contributed by atoms with Crippen LogP contribution >= 0.6 is 11.6 Å². The van der Waals surface area contributed by atoms with Gasteiger partial charge in [-0.2, -0.15) is 0 Å². The maximum absolute atomic E-state index is 12.6. The van der Waals surface area contributed by atoms with E-state index in [1.54, 1.807) is 6.08 Å². The maximum atomic E-state index is 12.6. The van der Waals surface area contributed by atoms with Gasteiger partial charge >= 0.3 is 17.9 Å². The molecule has 170 valence electrons. The SMILES string of the molecule is C=C1C(=O)O[C@@H]2[C@H]3C(C)=C[C@@H](OC(C)=O)[C@H]3[C@@](O)(CCl)C[C@@H](OC(=O)/C(C)=C\CO)[C@@H]12. The molecule has 7 atom stereocenters. The van der Waals surface area contributed by atoms with Gasteiger partial charge in [0.2, 0.25) is 0 Å². The van der Waals surface area contributed by atoms with E-state index in [-0.39, 0.29) is 30.1 Å². The van der Waals surface area contributed by atoms with Gasteiger partial charge in [-0.1, -0.05) is 12.2 Å². The molecule has 0 aromatic carbocycles. The first-order valence-corrected chi connectivity index (χ1v) is 10.6. The fraction of sp³-hybridized carbons (Fsp3) is 0.591. The molecule has 2 fully saturated rings. The molecule has 0 unspecified atom stereocenters. The molecule has 0 aromatic rings. The van der Waals surface area contributed by atoms with Gasteiger partial charge in [0.05, 0.1) is 24.0 Å². The molecule has 0 aromatic heterocycles. The molecule has 0 bridgehead atoms. The minimum absolute atomic E-state index is 0.106. The lowest BCUT2D eigenvalue weighted by Crippen LogP contribution is -2.50. The lowest BCUT2D eigenvalue weighted by Gasteiger charge is -2.38. The van der Waals surface area contributed by atoms with Crippen molar-refractivity contribution < 1.29 is 38.8 Å². The minimum Gasteiger partial charge on any atom is -0.458 e. The first-order valence-electron chi connectivity index (χ1n) is 10.1. The van der Waals surface area contributed by atoms with Crippen molar-refractivity contribution in [3.8, 4) is 0 Å². The van der Waals surface area contributed by atoms with Crippen molar-refractivity contribution in [1.82, 2.24) is 0 Å². The van der Waals surface area contributed by atoms with Crippen molar-refractivity contribution >= 4 is 29.5 Å². The second kappa shape index (κ2) is 8.76. The Hall–Kier alpha value is -2.16. The molecule has 3 aliphatic rings. The highest BCUT2D eigenvalue weighted by Crippen LogP contribution is 2.54. The van der Waals surface area contributed by atoms with Gasteiger partial charge in [0.25, 0.3) is 0 Å². The normalized spacial score (nSPS) is 37.4. The molecule has 1 heterocycles. The maximum Gasteiger partial charge on any atom is 0.334 e. The van der Waals surface area contributed by atoms with Crippen LogP contribution in [0, 0.1) is 17.8 Å². The highest BCUT2D eigenvalue weighted by molar-refractivity contribution is 6.18. The van der Waals surface area contributed by atoms with E-state index in [9.17, 15) is 19.5 Å². The molecule has 31 heavy (non-hydrogen) atoms. The van der Waals surface area contributed by atoms with Crippen molar-refractivity contribution in [2.75, 3.05) is 12.5 Å². The predicted octanol–water partition coefficient (Wildman–Crippen LogP) is 1.43. The smallest absolute Gasteiger partial charge is 0.334 e. The summed E-state index contributed by atoms with van der Waals surface area (Å²) in [5.41, 5.74) is -0.479. The quantitative estimate of drug-likeness (QED) is 0.210. The number of hydrogen-bond acceptors (Lipinski definition) is 8. The Labute approximate surface area is 185 Å². The number of aliphatic hydroxyl groups excluding tert-OH is 1. The van der Waals surface area contributed by atoms with Gasteiger partial charge in [-0.25, -0.2) is 9.59 Å². The van der Waals surface area contributed by atoms with E-state index in [0.717, 1.165) is 5.57 Å². The molecule has 3 rings (SSSR count). The van der Waals surface area contributed by atoms with Gasteiger partial charge in [0.1, 0.15) is 18.3 Å². The van der Waals surface area contributed by atoms with E-state index < -0.39 is 59.6 Å². The van der Waals surface area contributed by atoms with Crippen LogP contribution in [-0.4, -0.2) is 64.5 Å². The summed E-state index contributed by atoms with van der Waals surface area (Å²) in [6, 6.07) is 0. The summed E-state index contributed by atoms with van der Waals surface area (Å²) in [6.45, 7) is 8.07. The summed E-state index contributed by atoms with van der Waals surface area (Å²) >= 11 is 6.22. The highest BCUT2D eigenvalue weighted by atomic mass is 35.5. The minimum atomic E-state index is -1.59. The van der Waals surface area contributed by atoms with Crippen molar-refractivity contribution in [1.29, 1.82) is 0 Å². The Morgan fingerprint density at radius 3 is 2.61 bits per heavy atom. The number of carbonyl (C=O) groups is 3. The van der Waals surface area contributed by atoms with Gasteiger partial charge in [0, 0.05) is 36.3 Å². The predicted molar refractivity (Wildman–Crippen MR) is 110 cm³/mol. The fourth-order valence-corrected chi connectivity index (χ4v) is 5.31. The first-order chi connectivity index (χ1) is 14.5. The average molecular weight is 455 g/mol. The molecule has 0 spiro atoms. The summed E-state index contributed by atoms with van der Waals surface area (Å²) in [5.74, 6) is -3.94. The zero-order chi connectivity index (χ0) is 23.1. The topological polar surface area (TPSA) is 119 Å². The van der Waals surface area contributed by atoms with Gasteiger partial charge < -0.3 is 24.4 Å². The average Bonchev–Trinajstić information content (AvgIpc) is 3.13. The third kappa shape index (κ3) is 4.16. The van der Waals surface area contributed by atoms with Crippen molar-refractivity contribution in [3.05, 3.63) is 35.5 Å². The monoisotopic (exact) mass is 454 g/mol. The van der Waals surface area contributed by atoms with Crippen LogP contribution in [0.15, 0.2) is 35.5 Å². The number of hydrogen-bond donors (Lipinski definition) is 2. The Bertz CT molecular complexity index is 862. The summed E-state index contributed by atoms with van der Waals surface area (Å²) in [7, 11) is 0. The number of carbonyl (C=O) groups excluding carboxylic acids is 3. The summed E-state index contributed by atoms with van der Waals surface area (Å²) in [6.07, 6.45) is 0.433. The molecule has 1 saturated carbocycles. The molecule has 2 N–H and O–H groups in total. The number of esters is 3. The van der Waals surface area contributed by atoms with Crippen molar-refractivity contribution in [2.24, 2.45) is 17.8 Å². The van der Waals surface area contributed by atoms with Crippen LogP contribution in [0.25, 0.3) is 0 Å². The van der Waals surface area contributed by atoms with Gasteiger partial charge in [0.15, 0.2) is 0 Å². The summed E-state index contributed by atoms with van der Waals surface area (Å²) < 4.78 is 16.8. The lowest BCUT2D eigenvalue weighted by atomic mass is 9.75. The zero-order valence-electron chi connectivity index (χ0n) is 17.7. The van der Waals surface area contributed by atoms with E-state index in [0.29, 0.717) is 0 Å². The third-order valence-corrected chi connectivity index (χ3v) is 6.86. The van der Waals surface area contributed by atoms with Crippen molar-refractivity contribution in [3.63, 3.8) is 0 Å². The molecule has 2 aliphatic carbocycles. The van der Waals surface area contributed by atoms with E-state index in [1.165, 1.54) is 19.9 Å². The molecular formula is C22H27ClO8. The van der Waals surface area contributed by atoms with Crippen LogP contribution in [0.3, 0.4) is 0 Å². The fourth-order valence-electron chi connectivity index (χ4n) is 5.02. The largest absolute Gasteiger partial charge is 0.458 e. The van der Waals surface area contributed by atoms with Crippen LogP contribution in [0.4, 0.5) is 0 Å². The van der Waals surface area contributed by atoms with Gasteiger partial charge in [-0.05, 0) is 26.0 Å². The molecule has 8 nitrogen and oxygen atoms in total. The standard InChI is InChI=1S/C22H27ClO8/c1-10(5-6-24)20(26)30-15-8-22(28,9-23)18-14(29-13(4)25)7-11(2)16(18)19-17(15)12(3)21(27)31-19/h5,7,14-19,24,28H,3,6,8-9H2,1-2,4H3/b10-5-/t14-,15-,16+,17-,18-,19-,22+/m1/s1. The Morgan fingerprint density at radius 1 is 1.35 bits per heavy atom. The highest BCUT2D eigenvalue weighted by Gasteiger charge is 2.62. The number of alkyl halides is 1. The van der Waals surface area contributed by atoms with Crippen LogP contribution in [0.5, 0.6) is 0 Å². The number of aliphatic hydroxyl groups is 2. The van der Waals surface area contributed by atoms with E-state index >= 15 is 0 Å². The van der Waals surface area contributed by atoms with Crippen LogP contribution in [-0.2, 0) is 28.6 Å². The van der Waals surface area contributed by atoms with Crippen LogP contribution < -0.4 is 0 Å². The Balaban J connectivity index is 2.06.